The SMILES string of the molecule is CCc1ncnc(NC2CCCNC2C)c1F. The van der Waals surface area contributed by atoms with Gasteiger partial charge >= 0.3 is 0 Å². The standard InChI is InChI=1S/C12H19FN4/c1-3-9-11(13)12(16-7-15-9)17-10-5-4-6-14-8(10)2/h7-8,10,14H,3-6H2,1-2H3,(H,15,16,17). The molecule has 2 atom stereocenters. The molecule has 2 unspecified atom stereocenters. The Bertz CT molecular complexity index is 383. The zero-order valence-electron chi connectivity index (χ0n) is 10.3. The van der Waals surface area contributed by atoms with E-state index in [1.165, 1.54) is 6.33 Å². The summed E-state index contributed by atoms with van der Waals surface area (Å²) in [6.07, 6.45) is 4.15. The van der Waals surface area contributed by atoms with Gasteiger partial charge in [0.05, 0.1) is 5.69 Å². The second kappa shape index (κ2) is 5.40. The molecule has 94 valence electrons. The third-order valence-corrected chi connectivity index (χ3v) is 3.28. The molecular formula is C12H19FN4. The van der Waals surface area contributed by atoms with Gasteiger partial charge in [-0.25, -0.2) is 14.4 Å². The number of hydrogen-bond donors (Lipinski definition) is 2. The fraction of sp³-hybridized carbons (Fsp3) is 0.667. The van der Waals surface area contributed by atoms with E-state index in [-0.39, 0.29) is 11.9 Å². The highest BCUT2D eigenvalue weighted by Crippen LogP contribution is 2.18. The molecule has 5 heteroatoms. The maximum atomic E-state index is 13.9. The van der Waals surface area contributed by atoms with E-state index < -0.39 is 0 Å². The number of rotatable bonds is 3. The van der Waals surface area contributed by atoms with Crippen molar-refractivity contribution in [2.75, 3.05) is 11.9 Å². The highest BCUT2D eigenvalue weighted by molar-refractivity contribution is 5.38. The topological polar surface area (TPSA) is 49.8 Å². The first-order valence-electron chi connectivity index (χ1n) is 6.21. The predicted molar refractivity (Wildman–Crippen MR) is 65.5 cm³/mol. The van der Waals surface area contributed by atoms with Crippen molar-refractivity contribution in [3.8, 4) is 0 Å². The number of nitrogens with zero attached hydrogens (tertiary/aromatic N) is 2. The first kappa shape index (κ1) is 12.2. The van der Waals surface area contributed by atoms with Crippen LogP contribution in [0, 0.1) is 5.82 Å². The van der Waals surface area contributed by atoms with Crippen molar-refractivity contribution in [2.45, 2.75) is 45.2 Å². The van der Waals surface area contributed by atoms with Crippen molar-refractivity contribution >= 4 is 5.82 Å². The minimum absolute atomic E-state index is 0.234. The summed E-state index contributed by atoms with van der Waals surface area (Å²) >= 11 is 0. The van der Waals surface area contributed by atoms with Crippen LogP contribution in [0.1, 0.15) is 32.4 Å². The summed E-state index contributed by atoms with van der Waals surface area (Å²) in [4.78, 5) is 7.92. The van der Waals surface area contributed by atoms with Crippen molar-refractivity contribution in [3.63, 3.8) is 0 Å². The van der Waals surface area contributed by atoms with E-state index in [0.29, 0.717) is 24.0 Å². The Morgan fingerprint density at radius 2 is 2.35 bits per heavy atom. The second-order valence-corrected chi connectivity index (χ2v) is 4.47. The first-order chi connectivity index (χ1) is 8.22. The van der Waals surface area contributed by atoms with Crippen LogP contribution >= 0.6 is 0 Å². The number of aromatic nitrogens is 2. The molecule has 4 nitrogen and oxygen atoms in total. The lowest BCUT2D eigenvalue weighted by Gasteiger charge is -2.31. The summed E-state index contributed by atoms with van der Waals surface area (Å²) < 4.78 is 13.9. The number of anilines is 1. The fourth-order valence-corrected chi connectivity index (χ4v) is 2.17. The van der Waals surface area contributed by atoms with Gasteiger partial charge in [-0.2, -0.15) is 0 Å². The highest BCUT2D eigenvalue weighted by Gasteiger charge is 2.22. The molecule has 0 spiro atoms. The normalized spacial score (nSPS) is 24.6. The van der Waals surface area contributed by atoms with Crippen LogP contribution in [0.5, 0.6) is 0 Å². The summed E-state index contributed by atoms with van der Waals surface area (Å²) in [7, 11) is 0. The lowest BCUT2D eigenvalue weighted by molar-refractivity contribution is 0.387. The average Bonchev–Trinajstić information content (AvgIpc) is 2.34. The van der Waals surface area contributed by atoms with Crippen molar-refractivity contribution < 1.29 is 4.39 Å². The van der Waals surface area contributed by atoms with Crippen LogP contribution in [0.4, 0.5) is 10.2 Å². The van der Waals surface area contributed by atoms with E-state index >= 15 is 0 Å². The van der Waals surface area contributed by atoms with Crippen molar-refractivity contribution in [2.24, 2.45) is 0 Å². The first-order valence-corrected chi connectivity index (χ1v) is 6.21. The molecule has 1 saturated heterocycles. The Labute approximate surface area is 101 Å². The summed E-state index contributed by atoms with van der Waals surface area (Å²) in [5, 5.41) is 6.56. The molecule has 2 N–H and O–H groups in total. The van der Waals surface area contributed by atoms with Gasteiger partial charge in [0.15, 0.2) is 11.6 Å². The van der Waals surface area contributed by atoms with Crippen molar-refractivity contribution in [1.82, 2.24) is 15.3 Å². The minimum atomic E-state index is -0.312. The van der Waals surface area contributed by atoms with Gasteiger partial charge in [-0.05, 0) is 32.7 Å². The van der Waals surface area contributed by atoms with E-state index in [9.17, 15) is 4.39 Å². The molecule has 0 amide bonds. The van der Waals surface area contributed by atoms with Crippen LogP contribution < -0.4 is 10.6 Å². The predicted octanol–water partition coefficient (Wildman–Crippen LogP) is 1.73. The molecule has 0 saturated carbocycles. The molecule has 0 radical (unpaired) electrons. The van der Waals surface area contributed by atoms with E-state index in [2.05, 4.69) is 27.5 Å². The maximum absolute atomic E-state index is 13.9. The molecule has 1 aliphatic heterocycles. The molecular weight excluding hydrogens is 219 g/mol. The molecule has 2 heterocycles. The highest BCUT2D eigenvalue weighted by atomic mass is 19.1. The van der Waals surface area contributed by atoms with Gasteiger partial charge in [0.2, 0.25) is 0 Å². The minimum Gasteiger partial charge on any atom is -0.363 e. The maximum Gasteiger partial charge on any atom is 0.186 e. The average molecular weight is 238 g/mol. The number of piperidine rings is 1. The quantitative estimate of drug-likeness (QED) is 0.842. The van der Waals surface area contributed by atoms with Crippen LogP contribution in [0.2, 0.25) is 0 Å². The van der Waals surface area contributed by atoms with Gasteiger partial charge in [0.25, 0.3) is 0 Å². The molecule has 1 aromatic rings. The Morgan fingerprint density at radius 1 is 1.53 bits per heavy atom. The van der Waals surface area contributed by atoms with Crippen LogP contribution in [-0.4, -0.2) is 28.6 Å². The van der Waals surface area contributed by atoms with E-state index in [4.69, 9.17) is 0 Å². The van der Waals surface area contributed by atoms with Gasteiger partial charge in [-0.1, -0.05) is 6.92 Å². The Balaban J connectivity index is 2.12. The van der Waals surface area contributed by atoms with Crippen LogP contribution in [0.3, 0.4) is 0 Å². The molecule has 1 aliphatic rings. The molecule has 0 aliphatic carbocycles. The van der Waals surface area contributed by atoms with Crippen LogP contribution in [0.15, 0.2) is 6.33 Å². The van der Waals surface area contributed by atoms with E-state index in [1.54, 1.807) is 0 Å². The fourth-order valence-electron chi connectivity index (χ4n) is 2.17. The third kappa shape index (κ3) is 2.72. The Morgan fingerprint density at radius 3 is 3.06 bits per heavy atom. The summed E-state index contributed by atoms with van der Waals surface area (Å²) in [5.74, 6) is 0.0187. The second-order valence-electron chi connectivity index (χ2n) is 4.47. The van der Waals surface area contributed by atoms with Gasteiger partial charge < -0.3 is 10.6 Å². The molecule has 17 heavy (non-hydrogen) atoms. The van der Waals surface area contributed by atoms with Crippen molar-refractivity contribution in [1.29, 1.82) is 0 Å². The monoisotopic (exact) mass is 238 g/mol. The number of aryl methyl sites for hydroxylation is 1. The number of nitrogens with one attached hydrogen (secondary N) is 2. The summed E-state index contributed by atoms with van der Waals surface area (Å²) in [6.45, 7) is 5.03. The third-order valence-electron chi connectivity index (χ3n) is 3.28. The Hall–Kier alpha value is -1.23. The summed E-state index contributed by atoms with van der Waals surface area (Å²) in [5.41, 5.74) is 0.471. The van der Waals surface area contributed by atoms with E-state index in [1.807, 2.05) is 6.92 Å². The van der Waals surface area contributed by atoms with Gasteiger partial charge in [0.1, 0.15) is 6.33 Å². The molecule has 1 fully saturated rings. The largest absolute Gasteiger partial charge is 0.363 e. The van der Waals surface area contributed by atoms with Gasteiger partial charge in [-0.3, -0.25) is 0 Å². The van der Waals surface area contributed by atoms with Gasteiger partial charge in [-0.15, -0.1) is 0 Å². The van der Waals surface area contributed by atoms with Crippen molar-refractivity contribution in [3.05, 3.63) is 17.8 Å². The lowest BCUT2D eigenvalue weighted by Crippen LogP contribution is -2.46. The van der Waals surface area contributed by atoms with Gasteiger partial charge in [0, 0.05) is 12.1 Å². The van der Waals surface area contributed by atoms with E-state index in [0.717, 1.165) is 19.4 Å². The number of hydrogen-bond acceptors (Lipinski definition) is 4. The molecule has 0 aromatic carbocycles. The number of halogens is 1. The molecule has 0 bridgehead atoms. The zero-order chi connectivity index (χ0) is 12.3. The van der Waals surface area contributed by atoms with Crippen LogP contribution in [-0.2, 0) is 6.42 Å². The van der Waals surface area contributed by atoms with Crippen LogP contribution in [0.25, 0.3) is 0 Å². The molecule has 1 aromatic heterocycles. The lowest BCUT2D eigenvalue weighted by atomic mass is 10.00. The smallest absolute Gasteiger partial charge is 0.186 e. The Kier molecular flexibility index (Phi) is 3.89. The molecule has 2 rings (SSSR count). The summed E-state index contributed by atoms with van der Waals surface area (Å²) in [6, 6.07) is 0.570. The zero-order valence-corrected chi connectivity index (χ0v) is 10.3.